The van der Waals surface area contributed by atoms with Crippen molar-refractivity contribution in [1.82, 2.24) is 9.47 Å². The number of nitrogens with zero attached hydrogens (tertiary/aromatic N) is 2. The SMILES string of the molecule is CC(C)(C)OC(=O)n1c(C(=O)CN2C(=O)c3ccccc3C2=O)cc2cc(Br)ccc21. The molecule has 0 saturated heterocycles. The molecule has 2 amide bonds. The summed E-state index contributed by atoms with van der Waals surface area (Å²) in [6.45, 7) is 4.71. The second-order valence-corrected chi connectivity index (χ2v) is 9.13. The van der Waals surface area contributed by atoms with Gasteiger partial charge in [-0.3, -0.25) is 19.3 Å². The number of aromatic nitrogens is 1. The summed E-state index contributed by atoms with van der Waals surface area (Å²) in [5.74, 6) is -1.61. The summed E-state index contributed by atoms with van der Waals surface area (Å²) in [6, 6.07) is 13.2. The Morgan fingerprint density at radius 2 is 1.58 bits per heavy atom. The number of hydrogen-bond donors (Lipinski definition) is 0. The van der Waals surface area contributed by atoms with Crippen LogP contribution in [0.3, 0.4) is 0 Å². The van der Waals surface area contributed by atoms with E-state index >= 15 is 0 Å². The highest BCUT2D eigenvalue weighted by Gasteiger charge is 2.37. The molecular weight excluding hydrogens is 464 g/mol. The van der Waals surface area contributed by atoms with E-state index in [0.717, 1.165) is 9.37 Å². The van der Waals surface area contributed by atoms with Gasteiger partial charge in [0.15, 0.2) is 5.78 Å². The zero-order valence-electron chi connectivity index (χ0n) is 17.1. The molecule has 7 nitrogen and oxygen atoms in total. The minimum absolute atomic E-state index is 0.0407. The first-order valence-electron chi connectivity index (χ1n) is 9.59. The van der Waals surface area contributed by atoms with Crippen molar-refractivity contribution in [3.63, 3.8) is 0 Å². The first kappa shape index (κ1) is 21.0. The molecule has 0 unspecified atom stereocenters. The number of amides is 2. The van der Waals surface area contributed by atoms with Crippen molar-refractivity contribution in [1.29, 1.82) is 0 Å². The molecule has 2 heterocycles. The lowest BCUT2D eigenvalue weighted by Gasteiger charge is -2.21. The van der Waals surface area contributed by atoms with E-state index in [4.69, 9.17) is 4.74 Å². The number of ether oxygens (including phenoxy) is 1. The molecule has 0 spiro atoms. The standard InChI is InChI=1S/C23H19BrN2O5/c1-23(2,3)31-22(30)26-17-9-8-14(24)10-13(17)11-18(26)19(27)12-25-20(28)15-6-4-5-7-16(15)21(25)29/h4-11H,12H2,1-3H3. The Hall–Kier alpha value is -3.26. The third kappa shape index (κ3) is 3.79. The molecule has 0 saturated carbocycles. The molecule has 3 aromatic rings. The third-order valence-electron chi connectivity index (χ3n) is 4.81. The van der Waals surface area contributed by atoms with Crippen LogP contribution in [0.2, 0.25) is 0 Å². The summed E-state index contributed by atoms with van der Waals surface area (Å²) >= 11 is 3.38. The van der Waals surface area contributed by atoms with Crippen molar-refractivity contribution in [2.75, 3.05) is 6.54 Å². The van der Waals surface area contributed by atoms with E-state index < -0.39 is 35.8 Å². The molecule has 158 valence electrons. The summed E-state index contributed by atoms with van der Waals surface area (Å²) in [5, 5.41) is 0.644. The number of imide groups is 1. The van der Waals surface area contributed by atoms with Gasteiger partial charge in [0.1, 0.15) is 5.60 Å². The van der Waals surface area contributed by atoms with Gasteiger partial charge < -0.3 is 4.74 Å². The maximum Gasteiger partial charge on any atom is 0.419 e. The zero-order valence-corrected chi connectivity index (χ0v) is 18.7. The predicted molar refractivity (Wildman–Crippen MR) is 117 cm³/mol. The maximum atomic E-state index is 13.2. The summed E-state index contributed by atoms with van der Waals surface area (Å²) in [6.07, 6.45) is -0.712. The molecule has 0 aliphatic carbocycles. The van der Waals surface area contributed by atoms with Gasteiger partial charge in [-0.05, 0) is 57.2 Å². The summed E-state index contributed by atoms with van der Waals surface area (Å²) in [4.78, 5) is 52.3. The molecule has 1 aliphatic rings. The number of ketones is 1. The van der Waals surface area contributed by atoms with Crippen LogP contribution in [0.5, 0.6) is 0 Å². The van der Waals surface area contributed by atoms with Gasteiger partial charge in [0.2, 0.25) is 0 Å². The van der Waals surface area contributed by atoms with Crippen molar-refractivity contribution in [3.8, 4) is 0 Å². The van der Waals surface area contributed by atoms with Crippen LogP contribution in [0, 0.1) is 0 Å². The summed E-state index contributed by atoms with van der Waals surface area (Å²) in [5.41, 5.74) is 0.280. The monoisotopic (exact) mass is 482 g/mol. The Balaban J connectivity index is 1.73. The Morgan fingerprint density at radius 3 is 2.16 bits per heavy atom. The van der Waals surface area contributed by atoms with Gasteiger partial charge in [0, 0.05) is 9.86 Å². The van der Waals surface area contributed by atoms with Gasteiger partial charge >= 0.3 is 6.09 Å². The Morgan fingerprint density at radius 1 is 0.968 bits per heavy atom. The van der Waals surface area contributed by atoms with Crippen molar-refractivity contribution in [2.24, 2.45) is 0 Å². The molecule has 0 N–H and O–H groups in total. The van der Waals surface area contributed by atoms with Gasteiger partial charge in [-0.15, -0.1) is 0 Å². The van der Waals surface area contributed by atoms with Crippen molar-refractivity contribution in [2.45, 2.75) is 26.4 Å². The van der Waals surface area contributed by atoms with Crippen LogP contribution in [0.1, 0.15) is 52.0 Å². The average Bonchev–Trinajstić information content (AvgIpc) is 3.18. The molecule has 1 aromatic heterocycles. The van der Waals surface area contributed by atoms with E-state index in [1.54, 1.807) is 69.3 Å². The quantitative estimate of drug-likeness (QED) is 0.400. The number of carbonyl (C=O) groups is 4. The molecule has 2 aromatic carbocycles. The van der Waals surface area contributed by atoms with E-state index in [2.05, 4.69) is 15.9 Å². The van der Waals surface area contributed by atoms with Crippen LogP contribution < -0.4 is 0 Å². The molecule has 0 radical (unpaired) electrons. The molecular formula is C23H19BrN2O5. The van der Waals surface area contributed by atoms with Gasteiger partial charge in [0.05, 0.1) is 28.9 Å². The lowest BCUT2D eigenvalue weighted by atomic mass is 10.1. The summed E-state index contributed by atoms with van der Waals surface area (Å²) < 4.78 is 7.45. The molecule has 8 heteroatoms. The number of carbonyl (C=O) groups excluding carboxylic acids is 4. The third-order valence-corrected chi connectivity index (χ3v) is 5.30. The highest BCUT2D eigenvalue weighted by atomic mass is 79.9. The van der Waals surface area contributed by atoms with Crippen molar-refractivity contribution < 1.29 is 23.9 Å². The smallest absolute Gasteiger partial charge is 0.419 e. The van der Waals surface area contributed by atoms with Gasteiger partial charge in [-0.25, -0.2) is 9.36 Å². The van der Waals surface area contributed by atoms with Crippen LogP contribution in [0.4, 0.5) is 4.79 Å². The molecule has 0 bridgehead atoms. The van der Waals surface area contributed by atoms with E-state index in [1.165, 1.54) is 4.57 Å². The fourth-order valence-electron chi connectivity index (χ4n) is 3.50. The highest BCUT2D eigenvalue weighted by Crippen LogP contribution is 2.27. The fourth-order valence-corrected chi connectivity index (χ4v) is 3.88. The van der Waals surface area contributed by atoms with Crippen LogP contribution in [0.25, 0.3) is 10.9 Å². The second-order valence-electron chi connectivity index (χ2n) is 8.21. The van der Waals surface area contributed by atoms with Gasteiger partial charge in [-0.2, -0.15) is 0 Å². The fraction of sp³-hybridized carbons (Fsp3) is 0.217. The van der Waals surface area contributed by atoms with E-state index in [1.807, 2.05) is 0 Å². The van der Waals surface area contributed by atoms with E-state index in [-0.39, 0.29) is 16.8 Å². The number of Topliss-reactive ketones (excluding diaryl/α,β-unsaturated/α-hetero) is 1. The van der Waals surface area contributed by atoms with Gasteiger partial charge in [-0.1, -0.05) is 28.1 Å². The topological polar surface area (TPSA) is 85.7 Å². The van der Waals surface area contributed by atoms with E-state index in [9.17, 15) is 19.2 Å². The van der Waals surface area contributed by atoms with Gasteiger partial charge in [0.25, 0.3) is 11.8 Å². The predicted octanol–water partition coefficient (Wildman–Crippen LogP) is 4.67. The lowest BCUT2D eigenvalue weighted by Crippen LogP contribution is -2.36. The zero-order chi connectivity index (χ0) is 22.5. The minimum atomic E-state index is -0.772. The average molecular weight is 483 g/mol. The van der Waals surface area contributed by atoms with Crippen molar-refractivity contribution >= 4 is 50.5 Å². The highest BCUT2D eigenvalue weighted by molar-refractivity contribution is 9.10. The maximum absolute atomic E-state index is 13.2. The summed E-state index contributed by atoms with van der Waals surface area (Å²) in [7, 11) is 0. The largest absolute Gasteiger partial charge is 0.443 e. The first-order valence-corrected chi connectivity index (χ1v) is 10.4. The number of hydrogen-bond acceptors (Lipinski definition) is 5. The minimum Gasteiger partial charge on any atom is -0.443 e. The van der Waals surface area contributed by atoms with E-state index in [0.29, 0.717) is 10.9 Å². The number of benzene rings is 2. The Labute approximate surface area is 186 Å². The van der Waals surface area contributed by atoms with Crippen molar-refractivity contribution in [3.05, 3.63) is 69.8 Å². The normalized spacial score (nSPS) is 13.6. The second kappa shape index (κ2) is 7.46. The number of halogens is 1. The number of rotatable bonds is 3. The molecule has 0 fully saturated rings. The Bertz CT molecular complexity index is 1230. The first-order chi connectivity index (χ1) is 14.6. The van der Waals surface area contributed by atoms with Crippen LogP contribution in [-0.2, 0) is 4.74 Å². The Kier molecular flexibility index (Phi) is 5.05. The van der Waals surface area contributed by atoms with Crippen LogP contribution in [-0.4, -0.2) is 45.3 Å². The van der Waals surface area contributed by atoms with Crippen LogP contribution >= 0.6 is 15.9 Å². The van der Waals surface area contributed by atoms with Crippen LogP contribution in [0.15, 0.2) is 53.0 Å². The molecule has 1 aliphatic heterocycles. The molecule has 31 heavy (non-hydrogen) atoms. The lowest BCUT2D eigenvalue weighted by molar-refractivity contribution is 0.0534. The molecule has 0 atom stereocenters. The number of fused-ring (bicyclic) bond motifs is 2. The molecule has 4 rings (SSSR count).